The molecule has 1 rings (SSSR count). The van der Waals surface area contributed by atoms with Gasteiger partial charge in [0.15, 0.2) is 0 Å². The fraction of sp³-hybridized carbons (Fsp3) is 0.462. The number of carbonyl (C=O) groups is 1. The number of benzene rings is 1. The summed E-state index contributed by atoms with van der Waals surface area (Å²) in [7, 11) is -2.19. The number of anilines is 1. The van der Waals surface area contributed by atoms with E-state index in [9.17, 15) is 13.2 Å². The Morgan fingerprint density at radius 1 is 1.40 bits per heavy atom. The van der Waals surface area contributed by atoms with Gasteiger partial charge >= 0.3 is 0 Å². The summed E-state index contributed by atoms with van der Waals surface area (Å²) in [6, 6.07) is 4.79. The predicted molar refractivity (Wildman–Crippen MR) is 78.9 cm³/mol. The van der Waals surface area contributed by atoms with Gasteiger partial charge in [-0.15, -0.1) is 0 Å². The first kappa shape index (κ1) is 16.6. The molecule has 0 aliphatic rings. The van der Waals surface area contributed by atoms with Gasteiger partial charge in [-0.1, -0.05) is 13.0 Å². The lowest BCUT2D eigenvalue weighted by molar-refractivity contribution is -0.119. The molecule has 1 aromatic carbocycles. The van der Waals surface area contributed by atoms with Gasteiger partial charge in [-0.3, -0.25) is 4.79 Å². The van der Waals surface area contributed by atoms with Gasteiger partial charge in [0.2, 0.25) is 15.9 Å². The van der Waals surface area contributed by atoms with Gasteiger partial charge in [0, 0.05) is 11.6 Å². The molecule has 0 saturated carbocycles. The number of hydrogen-bond acceptors (Lipinski definition) is 4. The van der Waals surface area contributed by atoms with Crippen molar-refractivity contribution in [2.24, 2.45) is 11.7 Å². The van der Waals surface area contributed by atoms with Crippen LogP contribution < -0.4 is 15.8 Å². The van der Waals surface area contributed by atoms with Gasteiger partial charge in [0.25, 0.3) is 0 Å². The second-order valence-electron chi connectivity index (χ2n) is 4.66. The quantitative estimate of drug-likeness (QED) is 0.724. The highest BCUT2D eigenvalue weighted by Crippen LogP contribution is 2.20. The Bertz CT molecular complexity index is 585. The zero-order valence-corrected chi connectivity index (χ0v) is 12.8. The Labute approximate surface area is 119 Å². The van der Waals surface area contributed by atoms with E-state index in [1.807, 2.05) is 0 Å². The zero-order chi connectivity index (χ0) is 15.3. The molecule has 1 amide bonds. The van der Waals surface area contributed by atoms with Crippen LogP contribution in [-0.4, -0.2) is 27.9 Å². The monoisotopic (exact) mass is 299 g/mol. The highest BCUT2D eigenvalue weighted by molar-refractivity contribution is 7.89. The van der Waals surface area contributed by atoms with Gasteiger partial charge in [-0.05, 0) is 44.6 Å². The summed E-state index contributed by atoms with van der Waals surface area (Å²) >= 11 is 0. The van der Waals surface area contributed by atoms with Crippen molar-refractivity contribution < 1.29 is 13.2 Å². The fourth-order valence-corrected chi connectivity index (χ4v) is 2.72. The average molecular weight is 299 g/mol. The van der Waals surface area contributed by atoms with Crippen molar-refractivity contribution in [2.75, 3.05) is 18.9 Å². The number of carbonyl (C=O) groups excluding carboxylic acids is 1. The van der Waals surface area contributed by atoms with E-state index >= 15 is 0 Å². The third-order valence-corrected chi connectivity index (χ3v) is 4.62. The summed E-state index contributed by atoms with van der Waals surface area (Å²) in [6.07, 6.45) is 0.583. The predicted octanol–water partition coefficient (Wildman–Crippen LogP) is 0.827. The topological polar surface area (TPSA) is 101 Å². The first-order valence-corrected chi connectivity index (χ1v) is 7.85. The molecule has 1 unspecified atom stereocenters. The Morgan fingerprint density at radius 3 is 2.60 bits per heavy atom. The molecule has 0 spiro atoms. The summed E-state index contributed by atoms with van der Waals surface area (Å²) in [5, 5.41) is 2.70. The van der Waals surface area contributed by atoms with Crippen LogP contribution in [0.1, 0.15) is 18.9 Å². The standard InChI is InChI=1S/C13H21N3O3S/c1-9-4-5-11(8-12(9)20(18,19)15-3)16-13(17)10(2)6-7-14/h4-5,8,10,15H,6-7,14H2,1-3H3,(H,16,17). The van der Waals surface area contributed by atoms with Crippen LogP contribution in [0.25, 0.3) is 0 Å². The minimum absolute atomic E-state index is 0.157. The van der Waals surface area contributed by atoms with Crippen molar-refractivity contribution in [1.82, 2.24) is 4.72 Å². The van der Waals surface area contributed by atoms with Crippen molar-refractivity contribution in [3.63, 3.8) is 0 Å². The summed E-state index contributed by atoms with van der Waals surface area (Å²) in [5.41, 5.74) is 6.49. The minimum atomic E-state index is -3.54. The SMILES string of the molecule is CNS(=O)(=O)c1cc(NC(=O)C(C)CCN)ccc1C. The molecule has 0 radical (unpaired) electrons. The maximum Gasteiger partial charge on any atom is 0.240 e. The molecular formula is C13H21N3O3S. The lowest BCUT2D eigenvalue weighted by Gasteiger charge is -2.13. The first-order chi connectivity index (χ1) is 9.31. The van der Waals surface area contributed by atoms with Gasteiger partial charge in [-0.2, -0.15) is 0 Å². The maximum atomic E-state index is 11.9. The van der Waals surface area contributed by atoms with E-state index in [2.05, 4.69) is 10.0 Å². The molecule has 4 N–H and O–H groups in total. The van der Waals surface area contributed by atoms with Crippen LogP contribution in [0.15, 0.2) is 23.1 Å². The second-order valence-corrected chi connectivity index (χ2v) is 6.51. The third kappa shape index (κ3) is 4.03. The van der Waals surface area contributed by atoms with Crippen LogP contribution in [0.4, 0.5) is 5.69 Å². The highest BCUT2D eigenvalue weighted by Gasteiger charge is 2.17. The lowest BCUT2D eigenvalue weighted by atomic mass is 10.1. The third-order valence-electron chi connectivity index (χ3n) is 3.06. The molecule has 0 aliphatic heterocycles. The Kier molecular flexibility index (Phi) is 5.67. The van der Waals surface area contributed by atoms with Crippen LogP contribution in [0.5, 0.6) is 0 Å². The maximum absolute atomic E-state index is 11.9. The molecule has 1 aromatic rings. The van der Waals surface area contributed by atoms with Crippen molar-refractivity contribution in [2.45, 2.75) is 25.2 Å². The van der Waals surface area contributed by atoms with Crippen LogP contribution in [0.2, 0.25) is 0 Å². The second kappa shape index (κ2) is 6.83. The molecule has 0 heterocycles. The molecule has 0 bridgehead atoms. The number of nitrogens with two attached hydrogens (primary N) is 1. The highest BCUT2D eigenvalue weighted by atomic mass is 32.2. The largest absolute Gasteiger partial charge is 0.330 e. The zero-order valence-electron chi connectivity index (χ0n) is 11.9. The van der Waals surface area contributed by atoms with Crippen molar-refractivity contribution in [3.8, 4) is 0 Å². The van der Waals surface area contributed by atoms with Crippen molar-refractivity contribution in [1.29, 1.82) is 0 Å². The van der Waals surface area contributed by atoms with Crippen molar-refractivity contribution in [3.05, 3.63) is 23.8 Å². The van der Waals surface area contributed by atoms with E-state index in [0.29, 0.717) is 24.2 Å². The van der Waals surface area contributed by atoms with E-state index in [1.165, 1.54) is 13.1 Å². The van der Waals surface area contributed by atoms with Crippen LogP contribution in [0.3, 0.4) is 0 Å². The summed E-state index contributed by atoms with van der Waals surface area (Å²) in [6.45, 7) is 3.91. The average Bonchev–Trinajstić information content (AvgIpc) is 2.41. The number of sulfonamides is 1. The smallest absolute Gasteiger partial charge is 0.240 e. The van der Waals surface area contributed by atoms with Crippen LogP contribution in [-0.2, 0) is 14.8 Å². The van der Waals surface area contributed by atoms with Crippen molar-refractivity contribution >= 4 is 21.6 Å². The number of hydrogen-bond donors (Lipinski definition) is 3. The van der Waals surface area contributed by atoms with E-state index in [4.69, 9.17) is 5.73 Å². The molecule has 0 aliphatic carbocycles. The summed E-state index contributed by atoms with van der Waals surface area (Å²) in [4.78, 5) is 12.0. The Hall–Kier alpha value is -1.44. The number of rotatable bonds is 6. The van der Waals surface area contributed by atoms with Gasteiger partial charge < -0.3 is 11.1 Å². The fourth-order valence-electron chi connectivity index (χ4n) is 1.72. The van der Waals surface area contributed by atoms with Gasteiger partial charge in [0.1, 0.15) is 0 Å². The summed E-state index contributed by atoms with van der Waals surface area (Å²) < 4.78 is 26.0. The van der Waals surface area contributed by atoms with Crippen LogP contribution in [0, 0.1) is 12.8 Å². The number of nitrogens with one attached hydrogen (secondary N) is 2. The van der Waals surface area contributed by atoms with Gasteiger partial charge in [0.05, 0.1) is 4.90 Å². The number of amides is 1. The molecule has 7 heteroatoms. The first-order valence-electron chi connectivity index (χ1n) is 6.37. The van der Waals surface area contributed by atoms with Gasteiger partial charge in [-0.25, -0.2) is 13.1 Å². The molecule has 112 valence electrons. The molecule has 1 atom stereocenters. The normalized spacial score (nSPS) is 13.0. The van der Waals surface area contributed by atoms with E-state index in [-0.39, 0.29) is 16.7 Å². The Morgan fingerprint density at radius 2 is 2.05 bits per heavy atom. The molecule has 0 fully saturated rings. The Balaban J connectivity index is 3.00. The molecule has 0 saturated heterocycles. The molecular weight excluding hydrogens is 278 g/mol. The molecule has 6 nitrogen and oxygen atoms in total. The minimum Gasteiger partial charge on any atom is -0.330 e. The summed E-state index contributed by atoms with van der Waals surface area (Å²) in [5.74, 6) is -0.391. The van der Waals surface area contributed by atoms with Crippen LogP contribution >= 0.6 is 0 Å². The lowest BCUT2D eigenvalue weighted by Crippen LogP contribution is -2.23. The van der Waals surface area contributed by atoms with E-state index in [0.717, 1.165) is 0 Å². The van der Waals surface area contributed by atoms with E-state index in [1.54, 1.807) is 26.0 Å². The number of aryl methyl sites for hydroxylation is 1. The van der Waals surface area contributed by atoms with E-state index < -0.39 is 10.0 Å². The molecule has 20 heavy (non-hydrogen) atoms. The molecule has 0 aromatic heterocycles.